The van der Waals surface area contributed by atoms with Crippen molar-refractivity contribution in [3.05, 3.63) is 68.7 Å². The zero-order valence-corrected chi connectivity index (χ0v) is 16.7. The molecule has 0 radical (unpaired) electrons. The van der Waals surface area contributed by atoms with Gasteiger partial charge in [-0.15, -0.1) is 0 Å². The predicted octanol–water partition coefficient (Wildman–Crippen LogP) is 4.35. The lowest BCUT2D eigenvalue weighted by Crippen LogP contribution is -2.47. The molecule has 1 atom stereocenters. The first-order chi connectivity index (χ1) is 12.3. The van der Waals surface area contributed by atoms with Crippen molar-refractivity contribution in [1.82, 2.24) is 10.2 Å². The second-order valence-electron chi connectivity index (χ2n) is 5.86. The lowest BCUT2D eigenvalue weighted by atomic mass is 10.1. The second-order valence-corrected chi connectivity index (χ2v) is 7.11. The minimum Gasteiger partial charge on any atom is -0.357 e. The van der Waals surface area contributed by atoms with Crippen LogP contribution in [-0.4, -0.2) is 29.8 Å². The highest BCUT2D eigenvalue weighted by atomic mass is 35.5. The quantitative estimate of drug-likeness (QED) is 0.765. The van der Waals surface area contributed by atoms with Crippen molar-refractivity contribution < 1.29 is 9.59 Å². The number of nitrogens with one attached hydrogen (secondary N) is 1. The molecule has 2 aromatic carbocycles. The summed E-state index contributed by atoms with van der Waals surface area (Å²) in [5.74, 6) is -0.413. The maximum Gasteiger partial charge on any atom is 0.242 e. The number of benzene rings is 2. The van der Waals surface area contributed by atoms with Crippen LogP contribution in [0.3, 0.4) is 0 Å². The maximum atomic E-state index is 12.9. The van der Waals surface area contributed by atoms with E-state index in [-0.39, 0.29) is 24.8 Å². The number of hydrogen-bond donors (Lipinski definition) is 1. The first-order valence-corrected chi connectivity index (χ1v) is 9.14. The second kappa shape index (κ2) is 9.26. The Bertz CT molecular complexity index is 794. The van der Waals surface area contributed by atoms with Crippen molar-refractivity contribution in [2.45, 2.75) is 25.9 Å². The Hall–Kier alpha value is -1.75. The van der Waals surface area contributed by atoms with Crippen LogP contribution in [0, 0.1) is 0 Å². The molecule has 0 bridgehead atoms. The normalized spacial score (nSPS) is 11.7. The third kappa shape index (κ3) is 5.37. The van der Waals surface area contributed by atoms with E-state index in [0.717, 1.165) is 11.1 Å². The highest BCUT2D eigenvalue weighted by Crippen LogP contribution is 2.24. The first kappa shape index (κ1) is 20.6. The Balaban J connectivity index is 2.24. The molecule has 2 rings (SSSR count). The lowest BCUT2D eigenvalue weighted by molar-refractivity contribution is -0.139. The SMILES string of the molecule is CNC(=O)[C@@H](C)N(Cc1ccc(Cl)c(Cl)c1)C(=O)Cc1ccc(Cl)cc1. The van der Waals surface area contributed by atoms with E-state index in [9.17, 15) is 9.59 Å². The van der Waals surface area contributed by atoms with Crippen LogP contribution in [-0.2, 0) is 22.6 Å². The van der Waals surface area contributed by atoms with Crippen molar-refractivity contribution in [2.75, 3.05) is 7.05 Å². The predicted molar refractivity (Wildman–Crippen MR) is 106 cm³/mol. The molecule has 0 saturated carbocycles. The van der Waals surface area contributed by atoms with Crippen LogP contribution in [0.25, 0.3) is 0 Å². The number of rotatable bonds is 6. The van der Waals surface area contributed by atoms with Crippen LogP contribution >= 0.6 is 34.8 Å². The summed E-state index contributed by atoms with van der Waals surface area (Å²) in [7, 11) is 1.54. The Labute approximate surface area is 168 Å². The summed E-state index contributed by atoms with van der Waals surface area (Å²) < 4.78 is 0. The molecule has 1 N–H and O–H groups in total. The summed E-state index contributed by atoms with van der Waals surface area (Å²) in [5.41, 5.74) is 1.61. The Morgan fingerprint density at radius 2 is 1.62 bits per heavy atom. The van der Waals surface area contributed by atoms with E-state index >= 15 is 0 Å². The van der Waals surface area contributed by atoms with Gasteiger partial charge in [0, 0.05) is 18.6 Å². The van der Waals surface area contributed by atoms with Crippen molar-refractivity contribution >= 4 is 46.6 Å². The molecule has 0 unspecified atom stereocenters. The first-order valence-electron chi connectivity index (χ1n) is 8.01. The Kier molecular flexibility index (Phi) is 7.33. The molecule has 2 amide bonds. The maximum absolute atomic E-state index is 12.9. The van der Waals surface area contributed by atoms with Crippen LogP contribution in [0.2, 0.25) is 15.1 Å². The zero-order chi connectivity index (χ0) is 19.3. The van der Waals surface area contributed by atoms with E-state index in [4.69, 9.17) is 34.8 Å². The standard InChI is InChI=1S/C19H19Cl3N2O2/c1-12(19(26)23-2)24(11-14-5-8-16(21)17(22)9-14)18(25)10-13-3-6-15(20)7-4-13/h3-9,12H,10-11H2,1-2H3,(H,23,26)/t12-/m1/s1. The number of carbonyl (C=O) groups is 2. The summed E-state index contributed by atoms with van der Waals surface area (Å²) in [6.45, 7) is 1.94. The van der Waals surface area contributed by atoms with Gasteiger partial charge in [0.2, 0.25) is 11.8 Å². The van der Waals surface area contributed by atoms with Crippen molar-refractivity contribution in [1.29, 1.82) is 0 Å². The molecule has 0 fully saturated rings. The smallest absolute Gasteiger partial charge is 0.242 e. The molecule has 0 aliphatic heterocycles. The van der Waals surface area contributed by atoms with Crippen LogP contribution in [0.1, 0.15) is 18.1 Å². The van der Waals surface area contributed by atoms with E-state index in [1.165, 1.54) is 4.90 Å². The monoisotopic (exact) mass is 412 g/mol. The third-order valence-electron chi connectivity index (χ3n) is 4.02. The van der Waals surface area contributed by atoms with E-state index in [1.807, 2.05) is 0 Å². The van der Waals surface area contributed by atoms with Crippen molar-refractivity contribution in [2.24, 2.45) is 0 Å². The molecular formula is C19H19Cl3N2O2. The average molecular weight is 414 g/mol. The third-order valence-corrected chi connectivity index (χ3v) is 5.01. The highest BCUT2D eigenvalue weighted by molar-refractivity contribution is 6.42. The summed E-state index contributed by atoms with van der Waals surface area (Å²) in [6.07, 6.45) is 0.166. The number of hydrogen-bond acceptors (Lipinski definition) is 2. The van der Waals surface area contributed by atoms with Crippen LogP contribution < -0.4 is 5.32 Å². The molecule has 0 aliphatic carbocycles. The minimum absolute atomic E-state index is 0.166. The molecule has 0 heterocycles. The average Bonchev–Trinajstić information content (AvgIpc) is 2.63. The van der Waals surface area contributed by atoms with E-state index in [0.29, 0.717) is 15.1 Å². The summed E-state index contributed by atoms with van der Waals surface area (Å²) in [5, 5.41) is 4.03. The number of likely N-dealkylation sites (N-methyl/N-ethyl adjacent to an activating group) is 1. The van der Waals surface area contributed by atoms with Gasteiger partial charge in [-0.2, -0.15) is 0 Å². The van der Waals surface area contributed by atoms with Crippen LogP contribution in [0.5, 0.6) is 0 Å². The van der Waals surface area contributed by atoms with Crippen LogP contribution in [0.15, 0.2) is 42.5 Å². The molecule has 0 spiro atoms. The summed E-state index contributed by atoms with van der Waals surface area (Å²) >= 11 is 17.9. The zero-order valence-electron chi connectivity index (χ0n) is 14.4. The molecule has 0 aromatic heterocycles. The number of halogens is 3. The van der Waals surface area contributed by atoms with Gasteiger partial charge in [-0.1, -0.05) is 53.0 Å². The molecule has 4 nitrogen and oxygen atoms in total. The number of amides is 2. The Morgan fingerprint density at radius 3 is 2.19 bits per heavy atom. The van der Waals surface area contributed by atoms with Gasteiger partial charge in [-0.3, -0.25) is 9.59 Å². The molecule has 0 aliphatic rings. The molecule has 138 valence electrons. The van der Waals surface area contributed by atoms with Crippen LogP contribution in [0.4, 0.5) is 0 Å². The highest BCUT2D eigenvalue weighted by Gasteiger charge is 2.25. The largest absolute Gasteiger partial charge is 0.357 e. The van der Waals surface area contributed by atoms with Gasteiger partial charge in [0.05, 0.1) is 16.5 Å². The fraction of sp³-hybridized carbons (Fsp3) is 0.263. The van der Waals surface area contributed by atoms with E-state index in [2.05, 4.69) is 5.32 Å². The molecular weight excluding hydrogens is 395 g/mol. The molecule has 26 heavy (non-hydrogen) atoms. The van der Waals surface area contributed by atoms with E-state index in [1.54, 1.807) is 56.4 Å². The van der Waals surface area contributed by atoms with Crippen molar-refractivity contribution in [3.63, 3.8) is 0 Å². The lowest BCUT2D eigenvalue weighted by Gasteiger charge is -2.28. The fourth-order valence-corrected chi connectivity index (χ4v) is 2.95. The van der Waals surface area contributed by atoms with E-state index < -0.39 is 6.04 Å². The Morgan fingerprint density at radius 1 is 1.00 bits per heavy atom. The number of nitrogens with zero attached hydrogens (tertiary/aromatic N) is 1. The van der Waals surface area contributed by atoms with Gasteiger partial charge in [0.15, 0.2) is 0 Å². The van der Waals surface area contributed by atoms with Gasteiger partial charge in [-0.25, -0.2) is 0 Å². The fourth-order valence-electron chi connectivity index (χ4n) is 2.50. The van der Waals surface area contributed by atoms with Gasteiger partial charge in [-0.05, 0) is 42.3 Å². The van der Waals surface area contributed by atoms with Crippen molar-refractivity contribution in [3.8, 4) is 0 Å². The number of carbonyl (C=O) groups excluding carboxylic acids is 2. The van der Waals surface area contributed by atoms with Gasteiger partial charge in [0.25, 0.3) is 0 Å². The van der Waals surface area contributed by atoms with Gasteiger partial charge >= 0.3 is 0 Å². The summed E-state index contributed by atoms with van der Waals surface area (Å²) in [4.78, 5) is 26.5. The molecule has 0 saturated heterocycles. The minimum atomic E-state index is -0.630. The molecule has 2 aromatic rings. The van der Waals surface area contributed by atoms with Gasteiger partial charge < -0.3 is 10.2 Å². The topological polar surface area (TPSA) is 49.4 Å². The molecule has 7 heteroatoms. The summed E-state index contributed by atoms with van der Waals surface area (Å²) in [6, 6.07) is 11.6. The van der Waals surface area contributed by atoms with Gasteiger partial charge in [0.1, 0.15) is 6.04 Å².